The number of methoxy groups -OCH3 is 1. The first kappa shape index (κ1) is 14.2. The summed E-state index contributed by atoms with van der Waals surface area (Å²) in [5.74, 6) is 1.14. The summed E-state index contributed by atoms with van der Waals surface area (Å²) in [6, 6.07) is 0.400. The van der Waals surface area contributed by atoms with Gasteiger partial charge < -0.3 is 14.6 Å². The molecule has 1 heterocycles. The van der Waals surface area contributed by atoms with Gasteiger partial charge in [-0.05, 0) is 26.3 Å². The van der Waals surface area contributed by atoms with Gasteiger partial charge in [0.2, 0.25) is 0 Å². The summed E-state index contributed by atoms with van der Waals surface area (Å²) in [5, 5.41) is 3.54. The van der Waals surface area contributed by atoms with Crippen molar-refractivity contribution < 1.29 is 4.74 Å². The van der Waals surface area contributed by atoms with Crippen LogP contribution in [0, 0.1) is 0 Å². The standard InChI is InChI=1S/C13H25N3O/c1-5-8-14-12(11(2)17-4)6-7-13-15-9-10-16(13)3/h9-12,14H,5-8H2,1-4H3. The van der Waals surface area contributed by atoms with Crippen molar-refractivity contribution in [2.45, 2.75) is 45.3 Å². The fourth-order valence-electron chi connectivity index (χ4n) is 1.92. The third-order valence-electron chi connectivity index (χ3n) is 3.19. The van der Waals surface area contributed by atoms with Crippen molar-refractivity contribution in [1.82, 2.24) is 14.9 Å². The molecule has 0 bridgehead atoms. The van der Waals surface area contributed by atoms with Crippen molar-refractivity contribution in [1.29, 1.82) is 0 Å². The van der Waals surface area contributed by atoms with Gasteiger partial charge >= 0.3 is 0 Å². The number of hydrogen-bond donors (Lipinski definition) is 1. The molecular formula is C13H25N3O. The minimum atomic E-state index is 0.238. The molecule has 1 aromatic rings. The van der Waals surface area contributed by atoms with E-state index < -0.39 is 0 Å². The molecule has 0 amide bonds. The maximum atomic E-state index is 5.42. The molecule has 4 heteroatoms. The van der Waals surface area contributed by atoms with Crippen LogP contribution >= 0.6 is 0 Å². The van der Waals surface area contributed by atoms with E-state index in [0.717, 1.165) is 31.6 Å². The molecule has 0 aromatic carbocycles. The van der Waals surface area contributed by atoms with Gasteiger partial charge in [0.15, 0.2) is 0 Å². The van der Waals surface area contributed by atoms with E-state index in [-0.39, 0.29) is 6.10 Å². The second-order valence-corrected chi connectivity index (χ2v) is 4.49. The molecule has 1 aromatic heterocycles. The highest BCUT2D eigenvalue weighted by Crippen LogP contribution is 2.08. The molecule has 2 atom stereocenters. The van der Waals surface area contributed by atoms with Gasteiger partial charge in [-0.25, -0.2) is 4.98 Å². The Morgan fingerprint density at radius 3 is 2.82 bits per heavy atom. The van der Waals surface area contributed by atoms with Crippen LogP contribution in [0.4, 0.5) is 0 Å². The van der Waals surface area contributed by atoms with E-state index in [1.54, 1.807) is 7.11 Å². The molecule has 1 rings (SSSR count). The van der Waals surface area contributed by atoms with E-state index in [0.29, 0.717) is 6.04 Å². The Morgan fingerprint density at radius 2 is 2.29 bits per heavy atom. The second kappa shape index (κ2) is 7.45. The maximum Gasteiger partial charge on any atom is 0.108 e. The zero-order chi connectivity index (χ0) is 12.7. The minimum Gasteiger partial charge on any atom is -0.380 e. The van der Waals surface area contributed by atoms with Crippen LogP contribution in [0.3, 0.4) is 0 Å². The molecule has 0 aliphatic heterocycles. The van der Waals surface area contributed by atoms with Gasteiger partial charge in [0.05, 0.1) is 6.10 Å². The van der Waals surface area contributed by atoms with Crippen molar-refractivity contribution in [2.24, 2.45) is 7.05 Å². The molecule has 0 fully saturated rings. The van der Waals surface area contributed by atoms with Gasteiger partial charge in [-0.2, -0.15) is 0 Å². The lowest BCUT2D eigenvalue weighted by Gasteiger charge is -2.24. The topological polar surface area (TPSA) is 39.1 Å². The molecule has 4 nitrogen and oxygen atoms in total. The van der Waals surface area contributed by atoms with Crippen molar-refractivity contribution >= 4 is 0 Å². The van der Waals surface area contributed by atoms with Crippen molar-refractivity contribution in [2.75, 3.05) is 13.7 Å². The van der Waals surface area contributed by atoms with Crippen LogP contribution in [0.1, 0.15) is 32.5 Å². The first-order chi connectivity index (χ1) is 8.19. The Morgan fingerprint density at radius 1 is 1.53 bits per heavy atom. The lowest BCUT2D eigenvalue weighted by molar-refractivity contribution is 0.0799. The molecule has 17 heavy (non-hydrogen) atoms. The maximum absolute atomic E-state index is 5.42. The van der Waals surface area contributed by atoms with Crippen molar-refractivity contribution in [3.05, 3.63) is 18.2 Å². The Hall–Kier alpha value is -0.870. The predicted molar refractivity (Wildman–Crippen MR) is 70.1 cm³/mol. The third kappa shape index (κ3) is 4.48. The van der Waals surface area contributed by atoms with E-state index >= 15 is 0 Å². The summed E-state index contributed by atoms with van der Waals surface area (Å²) in [6.07, 6.45) is 7.27. The van der Waals surface area contributed by atoms with Gasteiger partial charge in [-0.15, -0.1) is 0 Å². The average Bonchev–Trinajstić information content (AvgIpc) is 2.74. The van der Waals surface area contributed by atoms with Crippen molar-refractivity contribution in [3.8, 4) is 0 Å². The van der Waals surface area contributed by atoms with E-state index in [9.17, 15) is 0 Å². The van der Waals surface area contributed by atoms with E-state index in [1.807, 2.05) is 19.4 Å². The number of rotatable bonds is 8. The highest BCUT2D eigenvalue weighted by molar-refractivity contribution is 4.92. The van der Waals surface area contributed by atoms with Crippen LogP contribution in [0.5, 0.6) is 0 Å². The molecule has 0 saturated heterocycles. The van der Waals surface area contributed by atoms with Gasteiger partial charge in [-0.3, -0.25) is 0 Å². The largest absolute Gasteiger partial charge is 0.380 e. The summed E-state index contributed by atoms with van der Waals surface area (Å²) in [7, 11) is 3.81. The number of nitrogens with zero attached hydrogens (tertiary/aromatic N) is 2. The minimum absolute atomic E-state index is 0.238. The number of hydrogen-bond acceptors (Lipinski definition) is 3. The monoisotopic (exact) mass is 239 g/mol. The predicted octanol–water partition coefficient (Wildman–Crippen LogP) is 1.76. The fourth-order valence-corrected chi connectivity index (χ4v) is 1.92. The fraction of sp³-hybridized carbons (Fsp3) is 0.769. The highest BCUT2D eigenvalue weighted by atomic mass is 16.5. The smallest absolute Gasteiger partial charge is 0.108 e. The van der Waals surface area contributed by atoms with Gasteiger partial charge in [-0.1, -0.05) is 6.92 Å². The first-order valence-corrected chi connectivity index (χ1v) is 6.41. The molecule has 1 N–H and O–H groups in total. The van der Waals surface area contributed by atoms with Crippen molar-refractivity contribution in [3.63, 3.8) is 0 Å². The molecule has 0 spiro atoms. The van der Waals surface area contributed by atoms with Gasteiger partial charge in [0, 0.05) is 39.0 Å². The summed E-state index contributed by atoms with van der Waals surface area (Å²) in [6.45, 7) is 5.34. The summed E-state index contributed by atoms with van der Waals surface area (Å²) >= 11 is 0. The molecule has 98 valence electrons. The first-order valence-electron chi connectivity index (χ1n) is 6.41. The van der Waals surface area contributed by atoms with Gasteiger partial charge in [0.1, 0.15) is 5.82 Å². The SMILES string of the molecule is CCCNC(CCc1nccn1C)C(C)OC. The van der Waals surface area contributed by atoms with Crippen LogP contribution in [-0.4, -0.2) is 35.4 Å². The van der Waals surface area contributed by atoms with Crippen LogP contribution in [0.25, 0.3) is 0 Å². The second-order valence-electron chi connectivity index (χ2n) is 4.49. The Balaban J connectivity index is 2.45. The molecular weight excluding hydrogens is 214 g/mol. The number of imidazole rings is 1. The Kier molecular flexibility index (Phi) is 6.22. The van der Waals surface area contributed by atoms with E-state index in [1.165, 1.54) is 0 Å². The Labute approximate surface area is 104 Å². The summed E-state index contributed by atoms with van der Waals surface area (Å²) in [4.78, 5) is 4.35. The molecule has 0 aliphatic carbocycles. The van der Waals surface area contributed by atoms with Crippen LogP contribution in [-0.2, 0) is 18.2 Å². The quantitative estimate of drug-likeness (QED) is 0.751. The summed E-state index contributed by atoms with van der Waals surface area (Å²) in [5.41, 5.74) is 0. The lowest BCUT2D eigenvalue weighted by atomic mass is 10.1. The molecule has 0 saturated carbocycles. The average molecular weight is 239 g/mol. The normalized spacial score (nSPS) is 14.8. The zero-order valence-corrected chi connectivity index (χ0v) is 11.4. The number of nitrogens with one attached hydrogen (secondary N) is 1. The molecule has 0 aliphatic rings. The number of aromatic nitrogens is 2. The van der Waals surface area contributed by atoms with Crippen LogP contribution in [0.15, 0.2) is 12.4 Å². The number of ether oxygens (including phenoxy) is 1. The van der Waals surface area contributed by atoms with E-state index in [2.05, 4.69) is 28.7 Å². The highest BCUT2D eigenvalue weighted by Gasteiger charge is 2.16. The Bertz CT molecular complexity index is 311. The third-order valence-corrected chi connectivity index (χ3v) is 3.19. The summed E-state index contributed by atoms with van der Waals surface area (Å²) < 4.78 is 7.50. The molecule has 2 unspecified atom stereocenters. The zero-order valence-electron chi connectivity index (χ0n) is 11.4. The van der Waals surface area contributed by atoms with Crippen LogP contribution < -0.4 is 5.32 Å². The van der Waals surface area contributed by atoms with Crippen LogP contribution in [0.2, 0.25) is 0 Å². The van der Waals surface area contributed by atoms with E-state index in [4.69, 9.17) is 4.74 Å². The lowest BCUT2D eigenvalue weighted by Crippen LogP contribution is -2.40. The van der Waals surface area contributed by atoms with Gasteiger partial charge in [0.25, 0.3) is 0 Å². The number of aryl methyl sites for hydroxylation is 2. The molecule has 0 radical (unpaired) electrons.